The first-order chi connectivity index (χ1) is 22.0. The Labute approximate surface area is 286 Å². The molecule has 1 fully saturated rings. The van der Waals surface area contributed by atoms with Gasteiger partial charge in [-0.25, -0.2) is 0 Å². The molecule has 2 aliphatic carbocycles. The SMILES string of the molecule is CCOCCCN(C(=O)COC1CC(C)CCC1C(C)C)C1CC(C(=O)NCCO)=CC(Oc2c(I)cc(C=O)cc2OC)C1O. The highest BCUT2D eigenvalue weighted by Crippen LogP contribution is 2.38. The number of aliphatic hydroxyl groups is 2. The van der Waals surface area contributed by atoms with Gasteiger partial charge in [0.25, 0.3) is 0 Å². The number of halogens is 1. The third-order valence-electron chi connectivity index (χ3n) is 8.85. The Morgan fingerprint density at radius 2 is 2.00 bits per heavy atom. The second-order valence-corrected chi connectivity index (χ2v) is 13.6. The third-order valence-corrected chi connectivity index (χ3v) is 9.65. The Balaban J connectivity index is 1.93. The largest absolute Gasteiger partial charge is 0.493 e. The number of rotatable bonds is 17. The average molecular weight is 759 g/mol. The second kappa shape index (κ2) is 18.9. The number of nitrogens with one attached hydrogen (secondary N) is 1. The summed E-state index contributed by atoms with van der Waals surface area (Å²) in [5.41, 5.74) is 0.713. The van der Waals surface area contributed by atoms with Crippen LogP contribution in [0.1, 0.15) is 70.2 Å². The maximum atomic E-state index is 14.0. The molecule has 0 saturated heterocycles. The van der Waals surface area contributed by atoms with Gasteiger partial charge in [-0.05, 0) is 84.7 Å². The highest BCUT2D eigenvalue weighted by atomic mass is 127. The quantitative estimate of drug-likeness (QED) is 0.123. The van der Waals surface area contributed by atoms with E-state index in [1.54, 1.807) is 17.0 Å². The van der Waals surface area contributed by atoms with Gasteiger partial charge in [-0.2, -0.15) is 0 Å². The van der Waals surface area contributed by atoms with Gasteiger partial charge >= 0.3 is 0 Å². The topological polar surface area (TPSA) is 144 Å². The summed E-state index contributed by atoms with van der Waals surface area (Å²) in [6, 6.07) is 2.35. The zero-order valence-corrected chi connectivity index (χ0v) is 29.9. The maximum Gasteiger partial charge on any atom is 0.248 e. The summed E-state index contributed by atoms with van der Waals surface area (Å²) >= 11 is 2.03. The summed E-state index contributed by atoms with van der Waals surface area (Å²) in [7, 11) is 1.45. The molecule has 2 aliphatic rings. The van der Waals surface area contributed by atoms with Crippen molar-refractivity contribution < 1.29 is 43.5 Å². The van der Waals surface area contributed by atoms with Gasteiger partial charge < -0.3 is 39.4 Å². The Bertz CT molecular complexity index is 1190. The molecule has 0 spiro atoms. The number of amides is 2. The summed E-state index contributed by atoms with van der Waals surface area (Å²) < 4.78 is 24.3. The highest BCUT2D eigenvalue weighted by molar-refractivity contribution is 14.1. The van der Waals surface area contributed by atoms with Crippen LogP contribution in [0.15, 0.2) is 23.8 Å². The number of aliphatic hydroxyl groups excluding tert-OH is 2. The third kappa shape index (κ3) is 10.4. The van der Waals surface area contributed by atoms with Crippen LogP contribution in [-0.2, 0) is 19.1 Å². The number of carbonyl (C=O) groups is 3. The van der Waals surface area contributed by atoms with Crippen LogP contribution in [0.2, 0.25) is 0 Å². The average Bonchev–Trinajstić information content (AvgIpc) is 3.04. The normalized spacial score (nSPS) is 24.7. The van der Waals surface area contributed by atoms with Crippen molar-refractivity contribution in [1.29, 1.82) is 0 Å². The minimum absolute atomic E-state index is 0.0334. The molecular formula is C34H51IN2O9. The predicted octanol–water partition coefficient (Wildman–Crippen LogP) is 3.76. The Kier molecular flexibility index (Phi) is 15.7. The number of methoxy groups -OCH3 is 1. The van der Waals surface area contributed by atoms with Gasteiger partial charge in [0, 0.05) is 43.9 Å². The van der Waals surface area contributed by atoms with Crippen LogP contribution in [0, 0.1) is 21.3 Å². The first kappa shape index (κ1) is 38.2. The highest BCUT2D eigenvalue weighted by Gasteiger charge is 2.41. The molecule has 0 aromatic heterocycles. The summed E-state index contributed by atoms with van der Waals surface area (Å²) in [6.45, 7) is 9.42. The van der Waals surface area contributed by atoms with Gasteiger partial charge in [0.05, 0.1) is 29.4 Å². The van der Waals surface area contributed by atoms with Crippen LogP contribution in [0.5, 0.6) is 11.5 Å². The van der Waals surface area contributed by atoms with Crippen LogP contribution >= 0.6 is 22.6 Å². The molecule has 0 aliphatic heterocycles. The van der Waals surface area contributed by atoms with Gasteiger partial charge in [-0.15, -0.1) is 0 Å². The van der Waals surface area contributed by atoms with E-state index in [1.807, 2.05) is 29.5 Å². The van der Waals surface area contributed by atoms with Gasteiger partial charge in [-0.3, -0.25) is 14.4 Å². The standard InChI is InChI=1S/C34H51IN2O9/c1-6-44-13-7-11-37(31(40)20-45-28-14-22(4)8-9-25(28)21(2)3)27-17-24(34(42)36-10-12-38)18-29(32(27)41)46-33-26(35)15-23(19-39)16-30(33)43-5/h15-16,18-19,21-22,25,27-29,32,38,41H,6-14,17,20H2,1-5H3,(H,36,42). The van der Waals surface area contributed by atoms with E-state index in [0.717, 1.165) is 19.3 Å². The summed E-state index contributed by atoms with van der Waals surface area (Å²) in [4.78, 5) is 40.2. The molecule has 1 saturated carbocycles. The van der Waals surface area contributed by atoms with Crippen molar-refractivity contribution in [3.63, 3.8) is 0 Å². The molecule has 46 heavy (non-hydrogen) atoms. The summed E-state index contributed by atoms with van der Waals surface area (Å²) in [5, 5.41) is 23.8. The van der Waals surface area contributed by atoms with Crippen molar-refractivity contribution in [2.45, 2.75) is 84.2 Å². The molecule has 11 nitrogen and oxygen atoms in total. The van der Waals surface area contributed by atoms with Crippen LogP contribution in [0.25, 0.3) is 0 Å². The number of benzene rings is 1. The molecule has 258 valence electrons. The van der Waals surface area contributed by atoms with Gasteiger partial charge in [0.2, 0.25) is 11.8 Å². The summed E-state index contributed by atoms with van der Waals surface area (Å²) in [6.07, 6.45) is 3.67. The Morgan fingerprint density at radius 3 is 2.65 bits per heavy atom. The predicted molar refractivity (Wildman–Crippen MR) is 182 cm³/mol. The lowest BCUT2D eigenvalue weighted by atomic mass is 9.75. The first-order valence-corrected chi connectivity index (χ1v) is 17.4. The van der Waals surface area contributed by atoms with Gasteiger partial charge in [0.1, 0.15) is 25.1 Å². The zero-order valence-electron chi connectivity index (χ0n) is 27.7. The molecule has 0 bridgehead atoms. The number of hydrogen-bond donors (Lipinski definition) is 3. The van der Waals surface area contributed by atoms with E-state index in [-0.39, 0.29) is 44.7 Å². The number of aldehydes is 1. The molecule has 12 heteroatoms. The number of nitrogens with zero attached hydrogens (tertiary/aromatic N) is 1. The molecular weight excluding hydrogens is 707 g/mol. The van der Waals surface area contributed by atoms with E-state index in [2.05, 4.69) is 26.1 Å². The molecule has 1 aromatic rings. The fraction of sp³-hybridized carbons (Fsp3) is 0.676. The molecule has 6 atom stereocenters. The van der Waals surface area contributed by atoms with E-state index >= 15 is 0 Å². The zero-order chi connectivity index (χ0) is 33.8. The monoisotopic (exact) mass is 758 g/mol. The van der Waals surface area contributed by atoms with Crippen molar-refractivity contribution in [3.05, 3.63) is 32.9 Å². The molecule has 0 heterocycles. The Hall–Kier alpha value is -2.26. The van der Waals surface area contributed by atoms with Gasteiger partial charge in [-0.1, -0.05) is 27.2 Å². The number of carbonyl (C=O) groups excluding carboxylic acids is 3. The van der Waals surface area contributed by atoms with Crippen molar-refractivity contribution >= 4 is 40.7 Å². The van der Waals surface area contributed by atoms with Crippen LogP contribution in [0.4, 0.5) is 0 Å². The lowest BCUT2D eigenvalue weighted by Crippen LogP contribution is -2.56. The molecule has 2 amide bonds. The van der Waals surface area contributed by atoms with Crippen molar-refractivity contribution in [2.75, 3.05) is 46.6 Å². The fourth-order valence-corrected chi connectivity index (χ4v) is 7.11. The fourth-order valence-electron chi connectivity index (χ4n) is 6.36. The maximum absolute atomic E-state index is 14.0. The summed E-state index contributed by atoms with van der Waals surface area (Å²) in [5.74, 6) is 1.20. The van der Waals surface area contributed by atoms with Crippen LogP contribution in [-0.4, -0.2) is 104 Å². The minimum Gasteiger partial charge on any atom is -0.493 e. The molecule has 0 radical (unpaired) electrons. The molecule has 3 rings (SSSR count). The van der Waals surface area contributed by atoms with Crippen LogP contribution < -0.4 is 14.8 Å². The van der Waals surface area contributed by atoms with E-state index in [1.165, 1.54) is 13.2 Å². The minimum atomic E-state index is -1.21. The smallest absolute Gasteiger partial charge is 0.248 e. The van der Waals surface area contributed by atoms with Crippen molar-refractivity contribution in [3.8, 4) is 11.5 Å². The van der Waals surface area contributed by atoms with E-state index in [0.29, 0.717) is 69.9 Å². The molecule has 3 N–H and O–H groups in total. The van der Waals surface area contributed by atoms with E-state index in [9.17, 15) is 24.6 Å². The van der Waals surface area contributed by atoms with Gasteiger partial charge in [0.15, 0.2) is 11.5 Å². The van der Waals surface area contributed by atoms with E-state index < -0.39 is 24.2 Å². The number of ether oxygens (including phenoxy) is 4. The lowest BCUT2D eigenvalue weighted by molar-refractivity contribution is -0.148. The lowest BCUT2D eigenvalue weighted by Gasteiger charge is -2.41. The molecule has 6 unspecified atom stereocenters. The van der Waals surface area contributed by atoms with Crippen molar-refractivity contribution in [1.82, 2.24) is 10.2 Å². The van der Waals surface area contributed by atoms with Crippen molar-refractivity contribution in [2.24, 2.45) is 17.8 Å². The number of hydrogen-bond acceptors (Lipinski definition) is 9. The first-order valence-electron chi connectivity index (χ1n) is 16.3. The van der Waals surface area contributed by atoms with Crippen LogP contribution in [0.3, 0.4) is 0 Å². The van der Waals surface area contributed by atoms with E-state index in [4.69, 9.17) is 18.9 Å². The second-order valence-electron chi connectivity index (χ2n) is 12.5. The molecule has 1 aromatic carbocycles. The Morgan fingerprint density at radius 1 is 1.24 bits per heavy atom.